The van der Waals surface area contributed by atoms with Crippen LogP contribution in [0.4, 0.5) is 5.13 Å². The van der Waals surface area contributed by atoms with Crippen LogP contribution in [0.25, 0.3) is 0 Å². The highest BCUT2D eigenvalue weighted by Crippen LogP contribution is 2.25. The van der Waals surface area contributed by atoms with E-state index in [1.54, 1.807) is 4.88 Å². The molecule has 1 fully saturated rings. The van der Waals surface area contributed by atoms with E-state index in [0.29, 0.717) is 6.04 Å². The number of rotatable bonds is 6. The molecule has 1 N–H and O–H groups in total. The number of nitrogens with one attached hydrogen (secondary N) is 1. The maximum Gasteiger partial charge on any atom is 0.205 e. The molecule has 0 bridgehead atoms. The molecule has 1 atom stereocenters. The van der Waals surface area contributed by atoms with Crippen LogP contribution >= 0.6 is 22.9 Å². The Morgan fingerprint density at radius 1 is 1.23 bits per heavy atom. The Kier molecular flexibility index (Phi) is 7.22. The van der Waals surface area contributed by atoms with Crippen molar-refractivity contribution >= 4 is 34.0 Å². The predicted octanol–water partition coefficient (Wildman–Crippen LogP) is 2.70. The third-order valence-electron chi connectivity index (χ3n) is 5.92. The summed E-state index contributed by atoms with van der Waals surface area (Å²) in [5.74, 6) is 2.00. The van der Waals surface area contributed by atoms with Crippen LogP contribution in [0, 0.1) is 0 Å². The second-order valence-electron chi connectivity index (χ2n) is 7.95. The molecule has 1 unspecified atom stereocenters. The van der Waals surface area contributed by atoms with Crippen LogP contribution in [0.1, 0.15) is 37.0 Å². The van der Waals surface area contributed by atoms with Gasteiger partial charge in [0.05, 0.1) is 6.54 Å². The van der Waals surface area contributed by atoms with Gasteiger partial charge in [-0.2, -0.15) is 4.37 Å². The average molecular weight is 448 g/mol. The van der Waals surface area contributed by atoms with Crippen molar-refractivity contribution in [3.63, 3.8) is 0 Å². The monoisotopic (exact) mass is 447 g/mol. The first-order valence-corrected chi connectivity index (χ1v) is 12.7. The van der Waals surface area contributed by atoms with Crippen molar-refractivity contribution < 1.29 is 0 Å². The Hall–Kier alpha value is -1.71. The molecule has 0 amide bonds. The molecular formula is C21H33N7S2. The fourth-order valence-electron chi connectivity index (χ4n) is 4.03. The summed E-state index contributed by atoms with van der Waals surface area (Å²) in [6.07, 6.45) is 2.07. The van der Waals surface area contributed by atoms with Gasteiger partial charge in [-0.05, 0) is 37.3 Å². The van der Waals surface area contributed by atoms with Crippen LogP contribution in [-0.2, 0) is 19.4 Å². The first kappa shape index (κ1) is 21.5. The summed E-state index contributed by atoms with van der Waals surface area (Å²) in [6, 6.07) is 2.73. The third kappa shape index (κ3) is 4.95. The van der Waals surface area contributed by atoms with Crippen LogP contribution in [0.2, 0.25) is 0 Å². The lowest BCUT2D eigenvalue weighted by atomic mass is 10.1. The van der Waals surface area contributed by atoms with E-state index in [9.17, 15) is 0 Å². The number of hydrogen-bond acceptors (Lipinski definition) is 7. The van der Waals surface area contributed by atoms with Gasteiger partial charge < -0.3 is 15.1 Å². The highest BCUT2D eigenvalue weighted by atomic mass is 32.1. The number of hydrogen-bond donors (Lipinski definition) is 1. The third-order valence-corrected chi connectivity index (χ3v) is 7.76. The minimum atomic E-state index is 0.446. The molecule has 0 aromatic carbocycles. The summed E-state index contributed by atoms with van der Waals surface area (Å²) < 4.78 is 4.43. The maximum atomic E-state index is 5.02. The van der Waals surface area contributed by atoms with Gasteiger partial charge in [0.1, 0.15) is 5.82 Å². The zero-order valence-corrected chi connectivity index (χ0v) is 19.9. The number of anilines is 1. The van der Waals surface area contributed by atoms with E-state index in [0.717, 1.165) is 75.7 Å². The van der Waals surface area contributed by atoms with Crippen molar-refractivity contribution in [2.45, 2.75) is 46.2 Å². The zero-order chi connectivity index (χ0) is 20.9. The molecule has 0 aliphatic carbocycles. The van der Waals surface area contributed by atoms with Gasteiger partial charge in [0.25, 0.3) is 0 Å². The van der Waals surface area contributed by atoms with Gasteiger partial charge >= 0.3 is 0 Å². The molecule has 2 aliphatic heterocycles. The number of thiophene rings is 1. The summed E-state index contributed by atoms with van der Waals surface area (Å²) in [7, 11) is 0. The standard InChI is InChI=1S/C21H33N7S2/c1-4-19-24-21(30-25-19)27-11-9-26(10-12-27)20(22-5-2)23-14-16(3)28-8-6-18-17(15-28)7-13-29-18/h7,13,16H,4-6,8-12,14-15H2,1-3H3,(H,22,23). The van der Waals surface area contributed by atoms with E-state index in [1.165, 1.54) is 23.5 Å². The molecule has 2 aromatic heterocycles. The Balaban J connectivity index is 1.32. The van der Waals surface area contributed by atoms with E-state index >= 15 is 0 Å². The van der Waals surface area contributed by atoms with Crippen LogP contribution in [0.5, 0.6) is 0 Å². The highest BCUT2D eigenvalue weighted by molar-refractivity contribution is 7.10. The summed E-state index contributed by atoms with van der Waals surface area (Å²) in [4.78, 5) is 18.5. The van der Waals surface area contributed by atoms with Gasteiger partial charge in [0.2, 0.25) is 5.13 Å². The zero-order valence-electron chi connectivity index (χ0n) is 18.3. The fraction of sp³-hybridized carbons (Fsp3) is 0.667. The lowest BCUT2D eigenvalue weighted by Gasteiger charge is -2.36. The normalized spacial score (nSPS) is 19.1. The first-order chi connectivity index (χ1) is 14.7. The number of piperazine rings is 1. The first-order valence-electron chi connectivity index (χ1n) is 11.1. The minimum Gasteiger partial charge on any atom is -0.357 e. The molecule has 164 valence electrons. The lowest BCUT2D eigenvalue weighted by molar-refractivity contribution is 0.196. The van der Waals surface area contributed by atoms with Gasteiger partial charge in [-0.1, -0.05) is 6.92 Å². The van der Waals surface area contributed by atoms with Crippen LogP contribution in [0.15, 0.2) is 16.4 Å². The second-order valence-corrected chi connectivity index (χ2v) is 9.68. The van der Waals surface area contributed by atoms with Crippen LogP contribution < -0.4 is 10.2 Å². The molecule has 4 rings (SSSR count). The highest BCUT2D eigenvalue weighted by Gasteiger charge is 2.24. The van der Waals surface area contributed by atoms with Crippen molar-refractivity contribution in [1.82, 2.24) is 24.5 Å². The SMILES string of the molecule is CCNC(=NCC(C)N1CCc2sccc2C1)N1CCN(c2nc(CC)ns2)CC1. The Bertz CT molecular complexity index is 838. The van der Waals surface area contributed by atoms with E-state index in [-0.39, 0.29) is 0 Å². The maximum absolute atomic E-state index is 5.02. The minimum absolute atomic E-state index is 0.446. The molecule has 0 radical (unpaired) electrons. The molecule has 9 heteroatoms. The molecular weight excluding hydrogens is 414 g/mol. The quantitative estimate of drug-likeness (QED) is 0.543. The number of nitrogens with zero attached hydrogens (tertiary/aromatic N) is 6. The van der Waals surface area contributed by atoms with Crippen molar-refractivity contribution in [2.75, 3.05) is 50.7 Å². The molecule has 0 saturated carbocycles. The van der Waals surface area contributed by atoms with E-state index in [4.69, 9.17) is 4.99 Å². The van der Waals surface area contributed by atoms with Gasteiger partial charge in [0, 0.05) is 74.7 Å². The summed E-state index contributed by atoms with van der Waals surface area (Å²) in [5.41, 5.74) is 1.51. The number of aromatic nitrogens is 2. The van der Waals surface area contributed by atoms with Gasteiger partial charge in [-0.3, -0.25) is 9.89 Å². The Labute approximate surface area is 188 Å². The number of aryl methyl sites for hydroxylation is 1. The van der Waals surface area contributed by atoms with E-state index in [2.05, 4.69) is 61.6 Å². The van der Waals surface area contributed by atoms with Crippen molar-refractivity contribution in [3.05, 3.63) is 27.7 Å². The number of fused-ring (bicyclic) bond motifs is 1. The molecule has 7 nitrogen and oxygen atoms in total. The molecule has 4 heterocycles. The predicted molar refractivity (Wildman–Crippen MR) is 127 cm³/mol. The van der Waals surface area contributed by atoms with Crippen LogP contribution in [0.3, 0.4) is 0 Å². The van der Waals surface area contributed by atoms with Crippen molar-refractivity contribution in [2.24, 2.45) is 4.99 Å². The Morgan fingerprint density at radius 2 is 2.07 bits per heavy atom. The topological polar surface area (TPSA) is 59.9 Å². The molecule has 30 heavy (non-hydrogen) atoms. The Morgan fingerprint density at radius 3 is 2.80 bits per heavy atom. The lowest BCUT2D eigenvalue weighted by Crippen LogP contribution is -2.53. The summed E-state index contributed by atoms with van der Waals surface area (Å²) >= 11 is 3.42. The van der Waals surface area contributed by atoms with Gasteiger partial charge in [-0.15, -0.1) is 11.3 Å². The van der Waals surface area contributed by atoms with Crippen molar-refractivity contribution in [3.8, 4) is 0 Å². The second kappa shape index (κ2) is 10.1. The van der Waals surface area contributed by atoms with Gasteiger partial charge in [-0.25, -0.2) is 4.98 Å². The molecule has 1 saturated heterocycles. The summed E-state index contributed by atoms with van der Waals surface area (Å²) in [5, 5.41) is 6.79. The van der Waals surface area contributed by atoms with Crippen LogP contribution in [-0.4, -0.2) is 77.0 Å². The van der Waals surface area contributed by atoms with Crippen molar-refractivity contribution in [1.29, 1.82) is 0 Å². The number of guanidine groups is 1. The fourth-order valence-corrected chi connectivity index (χ4v) is 5.72. The summed E-state index contributed by atoms with van der Waals surface area (Å²) in [6.45, 7) is 14.3. The smallest absolute Gasteiger partial charge is 0.205 e. The molecule has 0 spiro atoms. The van der Waals surface area contributed by atoms with E-state index in [1.807, 2.05) is 11.3 Å². The molecule has 2 aromatic rings. The molecule has 2 aliphatic rings. The number of aliphatic imine (C=N–C) groups is 1. The van der Waals surface area contributed by atoms with E-state index < -0.39 is 0 Å². The van der Waals surface area contributed by atoms with Gasteiger partial charge in [0.15, 0.2) is 5.96 Å². The largest absolute Gasteiger partial charge is 0.357 e. The average Bonchev–Trinajstić information content (AvgIpc) is 3.45.